The van der Waals surface area contributed by atoms with E-state index in [1.54, 1.807) is 18.3 Å². The number of rotatable bonds is 3. The van der Waals surface area contributed by atoms with Crippen molar-refractivity contribution in [1.29, 1.82) is 0 Å². The van der Waals surface area contributed by atoms with Crippen molar-refractivity contribution in [3.63, 3.8) is 0 Å². The van der Waals surface area contributed by atoms with E-state index in [0.717, 1.165) is 31.5 Å². The highest BCUT2D eigenvalue weighted by Gasteiger charge is 2.27. The zero-order valence-electron chi connectivity index (χ0n) is 11.6. The summed E-state index contributed by atoms with van der Waals surface area (Å²) in [5.41, 5.74) is 1.50. The van der Waals surface area contributed by atoms with Gasteiger partial charge in [-0.15, -0.1) is 0 Å². The van der Waals surface area contributed by atoms with E-state index in [1.165, 1.54) is 12.4 Å². The number of nitrogens with zero attached hydrogens (tertiary/aromatic N) is 3. The van der Waals surface area contributed by atoms with E-state index in [9.17, 15) is 9.90 Å². The zero-order chi connectivity index (χ0) is 14.7. The molecule has 3 rings (SSSR count). The number of carbonyl (C=O) groups is 1. The number of phenolic OH excluding ortho intramolecular Hbond substituents is 1. The Bertz CT molecular complexity index is 630. The number of benzene rings is 1. The Balaban J connectivity index is 1.62. The van der Waals surface area contributed by atoms with Crippen LogP contribution < -0.4 is 0 Å². The lowest BCUT2D eigenvalue weighted by Crippen LogP contribution is -2.29. The quantitative estimate of drug-likeness (QED) is 0.934. The lowest BCUT2D eigenvalue weighted by molar-refractivity contribution is 0.0781. The van der Waals surface area contributed by atoms with Gasteiger partial charge in [0.05, 0.1) is 6.20 Å². The van der Waals surface area contributed by atoms with Gasteiger partial charge in [-0.3, -0.25) is 9.78 Å². The van der Waals surface area contributed by atoms with Crippen molar-refractivity contribution in [2.45, 2.75) is 12.8 Å². The summed E-state index contributed by atoms with van der Waals surface area (Å²) < 4.78 is 0. The molecule has 0 saturated carbocycles. The molecule has 1 amide bonds. The van der Waals surface area contributed by atoms with Crippen LogP contribution in [0.2, 0.25) is 0 Å². The Kier molecular flexibility index (Phi) is 3.81. The Morgan fingerprint density at radius 1 is 1.38 bits per heavy atom. The lowest BCUT2D eigenvalue weighted by Gasteiger charge is -2.16. The summed E-state index contributed by atoms with van der Waals surface area (Å²) in [6.07, 6.45) is 6.45. The summed E-state index contributed by atoms with van der Waals surface area (Å²) in [6.45, 7) is 1.48. The van der Waals surface area contributed by atoms with Crippen LogP contribution in [0, 0.1) is 5.92 Å². The lowest BCUT2D eigenvalue weighted by atomic mass is 9.98. The van der Waals surface area contributed by atoms with Gasteiger partial charge in [-0.2, -0.15) is 0 Å². The van der Waals surface area contributed by atoms with Crippen LogP contribution in [0.25, 0.3) is 0 Å². The van der Waals surface area contributed by atoms with Crippen molar-refractivity contribution in [2.24, 2.45) is 5.92 Å². The number of carbonyl (C=O) groups excluding carboxylic acids is 1. The van der Waals surface area contributed by atoms with Gasteiger partial charge in [0.2, 0.25) is 0 Å². The molecular formula is C16H17N3O2. The van der Waals surface area contributed by atoms with Gasteiger partial charge >= 0.3 is 0 Å². The second-order valence-electron chi connectivity index (χ2n) is 5.37. The van der Waals surface area contributed by atoms with Crippen molar-refractivity contribution in [2.75, 3.05) is 13.1 Å². The van der Waals surface area contributed by atoms with Crippen LogP contribution in [0.1, 0.15) is 22.5 Å². The van der Waals surface area contributed by atoms with Crippen LogP contribution in [0.4, 0.5) is 0 Å². The van der Waals surface area contributed by atoms with Gasteiger partial charge in [0.15, 0.2) is 0 Å². The maximum Gasteiger partial charge on any atom is 0.274 e. The second kappa shape index (κ2) is 5.91. The minimum atomic E-state index is -0.0542. The molecule has 1 aromatic heterocycles. The molecule has 1 aliphatic rings. The first kappa shape index (κ1) is 13.5. The predicted molar refractivity (Wildman–Crippen MR) is 77.9 cm³/mol. The van der Waals surface area contributed by atoms with Gasteiger partial charge in [-0.25, -0.2) is 4.98 Å². The number of aromatic hydroxyl groups is 1. The van der Waals surface area contributed by atoms with Crippen LogP contribution in [-0.2, 0) is 6.42 Å². The van der Waals surface area contributed by atoms with Gasteiger partial charge in [0.1, 0.15) is 11.4 Å². The van der Waals surface area contributed by atoms with Crippen molar-refractivity contribution >= 4 is 5.91 Å². The second-order valence-corrected chi connectivity index (χ2v) is 5.37. The number of phenols is 1. The Morgan fingerprint density at radius 2 is 2.29 bits per heavy atom. The summed E-state index contributed by atoms with van der Waals surface area (Å²) in [7, 11) is 0. The van der Waals surface area contributed by atoms with E-state index in [1.807, 2.05) is 17.0 Å². The van der Waals surface area contributed by atoms with Crippen molar-refractivity contribution in [1.82, 2.24) is 14.9 Å². The molecule has 1 aliphatic heterocycles. The monoisotopic (exact) mass is 283 g/mol. The molecule has 108 valence electrons. The molecule has 1 saturated heterocycles. The van der Waals surface area contributed by atoms with Gasteiger partial charge in [-0.05, 0) is 36.5 Å². The molecule has 1 fully saturated rings. The Hall–Kier alpha value is -2.43. The fourth-order valence-corrected chi connectivity index (χ4v) is 2.77. The first-order chi connectivity index (χ1) is 10.2. The van der Waals surface area contributed by atoms with Crippen molar-refractivity contribution < 1.29 is 9.90 Å². The third-order valence-electron chi connectivity index (χ3n) is 3.79. The predicted octanol–water partition coefficient (Wildman–Crippen LogP) is 1.89. The third-order valence-corrected chi connectivity index (χ3v) is 3.79. The summed E-state index contributed by atoms with van der Waals surface area (Å²) in [6, 6.07) is 7.31. The van der Waals surface area contributed by atoms with Crippen LogP contribution in [0.5, 0.6) is 5.75 Å². The van der Waals surface area contributed by atoms with E-state index in [0.29, 0.717) is 11.6 Å². The molecule has 0 bridgehead atoms. The molecule has 1 unspecified atom stereocenters. The normalized spacial score (nSPS) is 17.9. The molecule has 0 radical (unpaired) electrons. The van der Waals surface area contributed by atoms with Crippen LogP contribution in [0.15, 0.2) is 42.9 Å². The highest BCUT2D eigenvalue weighted by molar-refractivity contribution is 5.92. The maximum atomic E-state index is 12.3. The number of likely N-dealkylation sites (tertiary alicyclic amines) is 1. The van der Waals surface area contributed by atoms with Crippen LogP contribution >= 0.6 is 0 Å². The van der Waals surface area contributed by atoms with E-state index in [4.69, 9.17) is 0 Å². The van der Waals surface area contributed by atoms with Crippen LogP contribution in [0.3, 0.4) is 0 Å². The standard InChI is InChI=1S/C16H17N3O2/c20-14-3-1-2-12(9-14)8-13-4-7-19(11-13)16(21)15-10-17-5-6-18-15/h1-3,5-6,9-10,13,20H,4,7-8,11H2. The SMILES string of the molecule is O=C(c1cnccn1)N1CCC(Cc2cccc(O)c2)C1. The third kappa shape index (κ3) is 3.18. The fraction of sp³-hybridized carbons (Fsp3) is 0.312. The van der Waals surface area contributed by atoms with Crippen molar-refractivity contribution in [3.8, 4) is 5.75 Å². The summed E-state index contributed by atoms with van der Waals surface area (Å²) in [5.74, 6) is 0.659. The highest BCUT2D eigenvalue weighted by Crippen LogP contribution is 2.23. The molecule has 0 aliphatic carbocycles. The fourth-order valence-electron chi connectivity index (χ4n) is 2.77. The number of aromatic nitrogens is 2. The first-order valence-corrected chi connectivity index (χ1v) is 7.05. The Labute approximate surface area is 123 Å². The average molecular weight is 283 g/mol. The van der Waals surface area contributed by atoms with Gasteiger partial charge in [0, 0.05) is 25.5 Å². The number of amides is 1. The maximum absolute atomic E-state index is 12.3. The number of hydrogen-bond donors (Lipinski definition) is 1. The summed E-state index contributed by atoms with van der Waals surface area (Å²) in [5, 5.41) is 9.50. The summed E-state index contributed by atoms with van der Waals surface area (Å²) >= 11 is 0. The smallest absolute Gasteiger partial charge is 0.274 e. The van der Waals surface area contributed by atoms with E-state index in [-0.39, 0.29) is 11.7 Å². The molecule has 1 N–H and O–H groups in total. The zero-order valence-corrected chi connectivity index (χ0v) is 11.6. The first-order valence-electron chi connectivity index (χ1n) is 7.05. The topological polar surface area (TPSA) is 66.3 Å². The van der Waals surface area contributed by atoms with E-state index >= 15 is 0 Å². The van der Waals surface area contributed by atoms with Crippen LogP contribution in [-0.4, -0.2) is 39.0 Å². The average Bonchev–Trinajstić information content (AvgIpc) is 2.96. The van der Waals surface area contributed by atoms with Crippen molar-refractivity contribution in [3.05, 3.63) is 54.1 Å². The molecule has 21 heavy (non-hydrogen) atoms. The Morgan fingerprint density at radius 3 is 3.05 bits per heavy atom. The molecular weight excluding hydrogens is 266 g/mol. The molecule has 2 heterocycles. The molecule has 5 nitrogen and oxygen atoms in total. The molecule has 1 atom stereocenters. The molecule has 2 aromatic rings. The van der Waals surface area contributed by atoms with E-state index in [2.05, 4.69) is 9.97 Å². The molecule has 5 heteroatoms. The number of hydrogen-bond acceptors (Lipinski definition) is 4. The largest absolute Gasteiger partial charge is 0.508 e. The van der Waals surface area contributed by atoms with Gasteiger partial charge in [0.25, 0.3) is 5.91 Å². The van der Waals surface area contributed by atoms with Gasteiger partial charge in [-0.1, -0.05) is 12.1 Å². The minimum Gasteiger partial charge on any atom is -0.508 e. The summed E-state index contributed by atoms with van der Waals surface area (Å²) in [4.78, 5) is 22.1. The van der Waals surface area contributed by atoms with Gasteiger partial charge < -0.3 is 10.0 Å². The molecule has 1 aromatic carbocycles. The highest BCUT2D eigenvalue weighted by atomic mass is 16.3. The van der Waals surface area contributed by atoms with E-state index < -0.39 is 0 Å². The minimum absolute atomic E-state index is 0.0542. The molecule has 0 spiro atoms.